The van der Waals surface area contributed by atoms with Gasteiger partial charge in [-0.15, -0.1) is 0 Å². The average molecular weight is 299 g/mol. The van der Waals surface area contributed by atoms with Crippen molar-refractivity contribution < 1.29 is 0 Å². The number of para-hydroxylation sites is 2. The van der Waals surface area contributed by atoms with E-state index in [2.05, 4.69) is 27.0 Å². The number of thiocarbonyl (C=S) groups is 1. The van der Waals surface area contributed by atoms with Crippen LogP contribution in [0, 0.1) is 0 Å². The van der Waals surface area contributed by atoms with Crippen LogP contribution < -0.4 is 10.1 Å². The molecule has 0 unspecified atom stereocenters. The van der Waals surface area contributed by atoms with Crippen LogP contribution >= 0.6 is 23.6 Å². The lowest BCUT2D eigenvalue weighted by atomic mass is 10.3. The summed E-state index contributed by atoms with van der Waals surface area (Å²) in [5, 5.41) is 3.59. The number of nitrogens with zero attached hydrogens (tertiary/aromatic N) is 2. The first-order valence-electron chi connectivity index (χ1n) is 6.19. The quantitative estimate of drug-likeness (QED) is 0.696. The fraction of sp³-hybridized carbons (Fsp3) is 0.0667. The fourth-order valence-corrected chi connectivity index (χ4v) is 3.24. The zero-order valence-electron chi connectivity index (χ0n) is 10.9. The summed E-state index contributed by atoms with van der Waals surface area (Å²) in [4.78, 5) is 5.38. The van der Waals surface area contributed by atoms with Crippen LogP contribution in [0.3, 0.4) is 0 Å². The summed E-state index contributed by atoms with van der Waals surface area (Å²) in [5.74, 6) is 0. The van der Waals surface area contributed by atoms with Gasteiger partial charge in [0.15, 0.2) is 9.91 Å². The first-order valence-corrected chi connectivity index (χ1v) is 7.42. The normalized spacial score (nSPS) is 11.8. The van der Waals surface area contributed by atoms with Crippen LogP contribution in [-0.2, 0) is 7.05 Å². The monoisotopic (exact) mass is 299 g/mol. The lowest BCUT2D eigenvalue weighted by molar-refractivity contribution is 0.917. The number of hydrogen-bond donors (Lipinski definition) is 1. The summed E-state index contributed by atoms with van der Waals surface area (Å²) in [6.07, 6.45) is 0. The molecule has 0 aliphatic heterocycles. The van der Waals surface area contributed by atoms with Gasteiger partial charge >= 0.3 is 0 Å². The van der Waals surface area contributed by atoms with Gasteiger partial charge in [0.1, 0.15) is 0 Å². The number of nitrogens with one attached hydrogen (secondary N) is 1. The summed E-state index contributed by atoms with van der Waals surface area (Å²) in [6.45, 7) is 0. The molecule has 0 bridgehead atoms. The van der Waals surface area contributed by atoms with Gasteiger partial charge in [-0.05, 0) is 36.5 Å². The minimum Gasteiger partial charge on any atom is -0.331 e. The fourth-order valence-electron chi connectivity index (χ4n) is 1.95. The zero-order valence-corrected chi connectivity index (χ0v) is 12.5. The van der Waals surface area contributed by atoms with Crippen molar-refractivity contribution in [1.82, 2.24) is 4.57 Å². The molecule has 1 heterocycles. The second-order valence-electron chi connectivity index (χ2n) is 4.32. The number of fused-ring (bicyclic) bond motifs is 1. The predicted molar refractivity (Wildman–Crippen MR) is 89.0 cm³/mol. The van der Waals surface area contributed by atoms with E-state index >= 15 is 0 Å². The highest BCUT2D eigenvalue weighted by Gasteiger charge is 2.02. The standard InChI is InChI=1S/C15H13N3S2/c1-18-12-9-5-6-10-13(12)20-15(18)17-14(19)16-11-7-3-2-4-8-11/h2-10H,1H3,(H,16,19)/b17-15-. The third-order valence-electron chi connectivity index (χ3n) is 2.94. The molecular formula is C15H13N3S2. The Morgan fingerprint density at radius 3 is 2.55 bits per heavy atom. The maximum absolute atomic E-state index is 5.30. The van der Waals surface area contributed by atoms with Crippen LogP contribution in [0.4, 0.5) is 5.69 Å². The molecule has 5 heteroatoms. The third-order valence-corrected chi connectivity index (χ3v) is 4.24. The number of rotatable bonds is 1. The Labute approximate surface area is 126 Å². The highest BCUT2D eigenvalue weighted by atomic mass is 32.1. The van der Waals surface area contributed by atoms with Crippen molar-refractivity contribution in [3.63, 3.8) is 0 Å². The Morgan fingerprint density at radius 1 is 1.10 bits per heavy atom. The largest absolute Gasteiger partial charge is 0.331 e. The van der Waals surface area contributed by atoms with Crippen molar-refractivity contribution in [3.8, 4) is 0 Å². The van der Waals surface area contributed by atoms with Gasteiger partial charge in [-0.1, -0.05) is 41.7 Å². The van der Waals surface area contributed by atoms with Gasteiger partial charge < -0.3 is 9.88 Å². The van der Waals surface area contributed by atoms with Gasteiger partial charge in [-0.3, -0.25) is 0 Å². The van der Waals surface area contributed by atoms with E-state index in [4.69, 9.17) is 12.2 Å². The predicted octanol–water partition coefficient (Wildman–Crippen LogP) is 3.54. The van der Waals surface area contributed by atoms with Crippen molar-refractivity contribution >= 4 is 44.6 Å². The van der Waals surface area contributed by atoms with Crippen molar-refractivity contribution in [1.29, 1.82) is 0 Å². The Hall–Kier alpha value is -1.98. The minimum absolute atomic E-state index is 0.471. The molecule has 0 radical (unpaired) electrons. The molecule has 1 N–H and O–H groups in total. The second kappa shape index (κ2) is 5.56. The van der Waals surface area contributed by atoms with E-state index in [0.29, 0.717) is 5.11 Å². The zero-order chi connectivity index (χ0) is 13.9. The van der Waals surface area contributed by atoms with E-state index < -0.39 is 0 Å². The third kappa shape index (κ3) is 2.64. The molecule has 2 aromatic carbocycles. The molecule has 0 aliphatic carbocycles. The van der Waals surface area contributed by atoms with E-state index in [9.17, 15) is 0 Å². The lowest BCUT2D eigenvalue weighted by Gasteiger charge is -2.02. The number of aryl methyl sites for hydroxylation is 1. The van der Waals surface area contributed by atoms with Gasteiger partial charge in [-0.2, -0.15) is 4.99 Å². The highest BCUT2D eigenvalue weighted by molar-refractivity contribution is 7.80. The van der Waals surface area contributed by atoms with Gasteiger partial charge in [0, 0.05) is 12.7 Å². The lowest BCUT2D eigenvalue weighted by Crippen LogP contribution is -2.16. The summed E-state index contributed by atoms with van der Waals surface area (Å²) in [5.41, 5.74) is 2.11. The van der Waals surface area contributed by atoms with Crippen LogP contribution in [0.25, 0.3) is 10.2 Å². The van der Waals surface area contributed by atoms with Crippen molar-refractivity contribution in [2.45, 2.75) is 0 Å². The van der Waals surface area contributed by atoms with Gasteiger partial charge in [0.05, 0.1) is 10.2 Å². The minimum atomic E-state index is 0.471. The van der Waals surface area contributed by atoms with E-state index in [1.807, 2.05) is 49.5 Å². The summed E-state index contributed by atoms with van der Waals surface area (Å²) >= 11 is 6.93. The maximum atomic E-state index is 5.30. The molecule has 0 aliphatic rings. The second-order valence-corrected chi connectivity index (χ2v) is 5.72. The van der Waals surface area contributed by atoms with E-state index in [-0.39, 0.29) is 0 Å². The molecule has 3 nitrogen and oxygen atoms in total. The molecule has 3 rings (SSSR count). The van der Waals surface area contributed by atoms with Crippen LogP contribution in [0.15, 0.2) is 59.6 Å². The van der Waals surface area contributed by atoms with Crippen molar-refractivity contribution in [3.05, 3.63) is 59.4 Å². The molecule has 3 aromatic rings. The highest BCUT2D eigenvalue weighted by Crippen LogP contribution is 2.15. The molecule has 0 saturated heterocycles. The summed E-state index contributed by atoms with van der Waals surface area (Å²) in [6, 6.07) is 18.1. The van der Waals surface area contributed by atoms with Crippen LogP contribution in [0.1, 0.15) is 0 Å². The molecule has 0 fully saturated rings. The van der Waals surface area contributed by atoms with Crippen molar-refractivity contribution in [2.75, 3.05) is 5.32 Å². The molecule has 0 spiro atoms. The summed E-state index contributed by atoms with van der Waals surface area (Å²) < 4.78 is 3.26. The molecule has 20 heavy (non-hydrogen) atoms. The number of benzene rings is 2. The number of thiazole rings is 1. The van der Waals surface area contributed by atoms with Crippen LogP contribution in [0.5, 0.6) is 0 Å². The summed E-state index contributed by atoms with van der Waals surface area (Å²) in [7, 11) is 2.00. The molecular weight excluding hydrogens is 286 g/mol. The Bertz CT molecular complexity index is 816. The number of anilines is 1. The molecule has 1 aromatic heterocycles. The topological polar surface area (TPSA) is 29.3 Å². The first-order chi connectivity index (χ1) is 9.74. The molecule has 0 amide bonds. The van der Waals surface area contributed by atoms with Gasteiger partial charge in [0.25, 0.3) is 0 Å². The molecule has 100 valence electrons. The van der Waals surface area contributed by atoms with Gasteiger partial charge in [0.2, 0.25) is 0 Å². The van der Waals surface area contributed by atoms with E-state index in [0.717, 1.165) is 10.5 Å². The SMILES string of the molecule is Cn1/c(=N/C(=S)Nc2ccccc2)sc2ccccc21. The maximum Gasteiger partial charge on any atom is 0.199 e. The molecule has 0 saturated carbocycles. The van der Waals surface area contributed by atoms with E-state index in [1.165, 1.54) is 10.2 Å². The Morgan fingerprint density at radius 2 is 1.80 bits per heavy atom. The Balaban J connectivity index is 1.94. The number of aromatic nitrogens is 1. The molecule has 0 atom stereocenters. The van der Waals surface area contributed by atoms with Crippen LogP contribution in [0.2, 0.25) is 0 Å². The first kappa shape index (κ1) is 13.0. The van der Waals surface area contributed by atoms with Crippen molar-refractivity contribution in [2.24, 2.45) is 12.0 Å². The van der Waals surface area contributed by atoms with Crippen LogP contribution in [-0.4, -0.2) is 9.68 Å². The van der Waals surface area contributed by atoms with E-state index in [1.54, 1.807) is 11.3 Å². The van der Waals surface area contributed by atoms with Gasteiger partial charge in [-0.25, -0.2) is 0 Å². The average Bonchev–Trinajstić information content (AvgIpc) is 2.77. The smallest absolute Gasteiger partial charge is 0.199 e. The Kier molecular flexibility index (Phi) is 3.62. The number of hydrogen-bond acceptors (Lipinski definition) is 2.